The first-order valence-electron chi connectivity index (χ1n) is 8.87. The van der Waals surface area contributed by atoms with E-state index in [4.69, 9.17) is 15.2 Å². The summed E-state index contributed by atoms with van der Waals surface area (Å²) in [7, 11) is 0. The van der Waals surface area contributed by atoms with Crippen molar-refractivity contribution in [2.75, 3.05) is 30.3 Å². The molecule has 2 N–H and O–H groups in total. The van der Waals surface area contributed by atoms with Crippen molar-refractivity contribution in [2.45, 2.75) is 52.2 Å². The lowest BCUT2D eigenvalue weighted by atomic mass is 10.2. The molecular formula is C18H28N4O4. The normalized spacial score (nSPS) is 17.2. The zero-order valence-corrected chi connectivity index (χ0v) is 15.9. The van der Waals surface area contributed by atoms with E-state index >= 15 is 0 Å². The van der Waals surface area contributed by atoms with E-state index in [0.29, 0.717) is 31.1 Å². The van der Waals surface area contributed by atoms with E-state index in [0.717, 1.165) is 12.8 Å². The number of pyridine rings is 1. The summed E-state index contributed by atoms with van der Waals surface area (Å²) in [5, 5.41) is 0. The van der Waals surface area contributed by atoms with Gasteiger partial charge in [-0.15, -0.1) is 0 Å². The van der Waals surface area contributed by atoms with Gasteiger partial charge in [0.2, 0.25) is 0 Å². The fraction of sp³-hybridized carbons (Fsp3) is 0.611. The number of nitrogens with two attached hydrogens (primary N) is 1. The first-order chi connectivity index (χ1) is 12.2. The Bertz CT molecular complexity index is 627. The minimum atomic E-state index is -0.574. The second-order valence-electron chi connectivity index (χ2n) is 7.34. The average Bonchev–Trinajstić information content (AvgIpc) is 2.91. The van der Waals surface area contributed by atoms with Gasteiger partial charge in [-0.05, 0) is 39.3 Å². The van der Waals surface area contributed by atoms with E-state index in [2.05, 4.69) is 11.9 Å². The summed E-state index contributed by atoms with van der Waals surface area (Å²) in [6.07, 6.45) is 2.06. The summed E-state index contributed by atoms with van der Waals surface area (Å²) in [5.74, 6) is 0.383. The molecule has 8 heteroatoms. The highest BCUT2D eigenvalue weighted by Gasteiger charge is 2.35. The standard InChI is InChI=1S/C18H28N4O4/c1-5-6-9-21(16(23)26-18(2,3)4)11-14-12-22(17(24)25-14)13-7-8-15(19)20-10-13/h7-8,10,14H,5-6,9,11-12H2,1-4H3,(H2,19,20). The van der Waals surface area contributed by atoms with E-state index in [1.807, 2.05) is 20.8 Å². The van der Waals surface area contributed by atoms with Crippen molar-refractivity contribution < 1.29 is 19.1 Å². The molecule has 1 aliphatic heterocycles. The minimum Gasteiger partial charge on any atom is -0.444 e. The zero-order chi connectivity index (χ0) is 19.3. The number of hydrogen-bond donors (Lipinski definition) is 1. The molecule has 2 amide bonds. The van der Waals surface area contributed by atoms with Crippen molar-refractivity contribution >= 4 is 23.7 Å². The monoisotopic (exact) mass is 364 g/mol. The van der Waals surface area contributed by atoms with Gasteiger partial charge < -0.3 is 20.1 Å². The summed E-state index contributed by atoms with van der Waals surface area (Å²) >= 11 is 0. The summed E-state index contributed by atoms with van der Waals surface area (Å²) < 4.78 is 10.9. The molecule has 1 aliphatic rings. The fourth-order valence-corrected chi connectivity index (χ4v) is 2.56. The van der Waals surface area contributed by atoms with Crippen LogP contribution < -0.4 is 10.6 Å². The second kappa shape index (κ2) is 8.25. The second-order valence-corrected chi connectivity index (χ2v) is 7.34. The zero-order valence-electron chi connectivity index (χ0n) is 15.9. The highest BCUT2D eigenvalue weighted by Crippen LogP contribution is 2.22. The lowest BCUT2D eigenvalue weighted by molar-refractivity contribution is 0.0162. The number of carbonyl (C=O) groups is 2. The van der Waals surface area contributed by atoms with Crippen LogP contribution in [0.2, 0.25) is 0 Å². The smallest absolute Gasteiger partial charge is 0.414 e. The Morgan fingerprint density at radius 2 is 2.19 bits per heavy atom. The van der Waals surface area contributed by atoms with Crippen molar-refractivity contribution in [1.82, 2.24) is 9.88 Å². The molecule has 1 aromatic rings. The molecule has 1 fully saturated rings. The van der Waals surface area contributed by atoms with E-state index in [1.165, 1.54) is 11.1 Å². The van der Waals surface area contributed by atoms with Gasteiger partial charge >= 0.3 is 12.2 Å². The van der Waals surface area contributed by atoms with Gasteiger partial charge in [-0.25, -0.2) is 14.6 Å². The number of aromatic nitrogens is 1. The van der Waals surface area contributed by atoms with Gasteiger partial charge in [-0.1, -0.05) is 13.3 Å². The molecule has 1 aromatic heterocycles. The molecule has 26 heavy (non-hydrogen) atoms. The van der Waals surface area contributed by atoms with Crippen molar-refractivity contribution in [3.05, 3.63) is 18.3 Å². The maximum atomic E-state index is 12.4. The number of nitrogen functional groups attached to an aromatic ring is 1. The molecular weight excluding hydrogens is 336 g/mol. The van der Waals surface area contributed by atoms with E-state index in [9.17, 15) is 9.59 Å². The number of anilines is 2. The number of cyclic esters (lactones) is 1. The largest absolute Gasteiger partial charge is 0.444 e. The maximum Gasteiger partial charge on any atom is 0.414 e. The van der Waals surface area contributed by atoms with Gasteiger partial charge in [0, 0.05) is 6.54 Å². The third-order valence-corrected chi connectivity index (χ3v) is 3.81. The molecule has 0 spiro atoms. The molecule has 0 bridgehead atoms. The number of ether oxygens (including phenoxy) is 2. The lowest BCUT2D eigenvalue weighted by Gasteiger charge is -2.28. The van der Waals surface area contributed by atoms with Gasteiger partial charge in [-0.2, -0.15) is 0 Å². The number of carbonyl (C=O) groups excluding carboxylic acids is 2. The van der Waals surface area contributed by atoms with Crippen LogP contribution in [-0.2, 0) is 9.47 Å². The van der Waals surface area contributed by atoms with Crippen molar-refractivity contribution in [2.24, 2.45) is 0 Å². The van der Waals surface area contributed by atoms with Crippen LogP contribution in [0.5, 0.6) is 0 Å². The van der Waals surface area contributed by atoms with Crippen LogP contribution in [0.15, 0.2) is 18.3 Å². The molecule has 1 atom stereocenters. The van der Waals surface area contributed by atoms with Gasteiger partial charge in [0.05, 0.1) is 25.0 Å². The van der Waals surface area contributed by atoms with Crippen LogP contribution in [0.1, 0.15) is 40.5 Å². The number of nitrogens with zero attached hydrogens (tertiary/aromatic N) is 3. The molecule has 2 heterocycles. The van der Waals surface area contributed by atoms with Crippen molar-refractivity contribution in [1.29, 1.82) is 0 Å². The van der Waals surface area contributed by atoms with Gasteiger partial charge in [0.1, 0.15) is 17.5 Å². The summed E-state index contributed by atoms with van der Waals surface area (Å²) in [5.41, 5.74) is 5.62. The topological polar surface area (TPSA) is 98.0 Å². The van der Waals surface area contributed by atoms with Crippen molar-refractivity contribution in [3.63, 3.8) is 0 Å². The highest BCUT2D eigenvalue weighted by molar-refractivity contribution is 5.89. The fourth-order valence-electron chi connectivity index (χ4n) is 2.56. The van der Waals surface area contributed by atoms with E-state index in [1.54, 1.807) is 17.0 Å². The predicted molar refractivity (Wildman–Crippen MR) is 99.0 cm³/mol. The molecule has 0 aliphatic carbocycles. The quantitative estimate of drug-likeness (QED) is 0.833. The molecule has 0 radical (unpaired) electrons. The van der Waals surface area contributed by atoms with Gasteiger partial charge in [0.15, 0.2) is 0 Å². The maximum absolute atomic E-state index is 12.4. The molecule has 0 aromatic carbocycles. The highest BCUT2D eigenvalue weighted by atomic mass is 16.6. The Kier molecular flexibility index (Phi) is 6.28. The van der Waals surface area contributed by atoms with Gasteiger partial charge in [-0.3, -0.25) is 4.90 Å². The summed E-state index contributed by atoms with van der Waals surface area (Å²) in [6.45, 7) is 8.73. The van der Waals surface area contributed by atoms with Crippen LogP contribution in [0.25, 0.3) is 0 Å². The van der Waals surface area contributed by atoms with Crippen LogP contribution in [0, 0.1) is 0 Å². The average molecular weight is 364 g/mol. The van der Waals surface area contributed by atoms with Crippen molar-refractivity contribution in [3.8, 4) is 0 Å². The molecule has 2 rings (SSSR count). The molecule has 1 saturated heterocycles. The Labute approximate surface area is 154 Å². The first kappa shape index (κ1) is 19.8. The number of amides is 2. The summed E-state index contributed by atoms with van der Waals surface area (Å²) in [4.78, 5) is 31.7. The third-order valence-electron chi connectivity index (χ3n) is 3.81. The van der Waals surface area contributed by atoms with Gasteiger partial charge in [0.25, 0.3) is 0 Å². The predicted octanol–water partition coefficient (Wildman–Crippen LogP) is 3.03. The lowest BCUT2D eigenvalue weighted by Crippen LogP contribution is -2.42. The van der Waals surface area contributed by atoms with Crippen LogP contribution in [0.3, 0.4) is 0 Å². The Morgan fingerprint density at radius 3 is 2.77 bits per heavy atom. The number of unbranched alkanes of at least 4 members (excludes halogenated alkanes) is 1. The van der Waals surface area contributed by atoms with Crippen LogP contribution >= 0.6 is 0 Å². The molecule has 144 valence electrons. The van der Waals surface area contributed by atoms with Crippen LogP contribution in [-0.4, -0.2) is 53.4 Å². The minimum absolute atomic E-state index is 0.291. The first-order valence-corrected chi connectivity index (χ1v) is 8.87. The molecule has 1 unspecified atom stereocenters. The number of rotatable bonds is 6. The van der Waals surface area contributed by atoms with E-state index in [-0.39, 0.29) is 0 Å². The van der Waals surface area contributed by atoms with E-state index < -0.39 is 23.9 Å². The SMILES string of the molecule is CCCCN(CC1CN(c2ccc(N)nc2)C(=O)O1)C(=O)OC(C)(C)C. The Hall–Kier alpha value is -2.51. The van der Waals surface area contributed by atoms with Crippen LogP contribution in [0.4, 0.5) is 21.1 Å². The number of hydrogen-bond acceptors (Lipinski definition) is 6. The summed E-state index contributed by atoms with van der Waals surface area (Å²) in [6, 6.07) is 3.35. The third kappa shape index (κ3) is 5.50. The molecule has 0 saturated carbocycles. The Balaban J connectivity index is 2.02. The Morgan fingerprint density at radius 1 is 1.46 bits per heavy atom. The molecule has 8 nitrogen and oxygen atoms in total.